The predicted molar refractivity (Wildman–Crippen MR) is 110 cm³/mol. The van der Waals surface area contributed by atoms with E-state index >= 15 is 0 Å². The summed E-state index contributed by atoms with van der Waals surface area (Å²) in [5.74, 6) is 0.147. The highest BCUT2D eigenvalue weighted by Crippen LogP contribution is 2.27. The number of amides is 2. The van der Waals surface area contributed by atoms with Crippen LogP contribution in [0.2, 0.25) is 0 Å². The maximum Gasteiger partial charge on any atom is 0.256 e. The summed E-state index contributed by atoms with van der Waals surface area (Å²) >= 11 is 0. The number of piperazine rings is 1. The van der Waals surface area contributed by atoms with Crippen molar-refractivity contribution in [1.29, 1.82) is 0 Å². The maximum atomic E-state index is 13.2. The molecule has 5 nitrogen and oxygen atoms in total. The second kappa shape index (κ2) is 8.15. The van der Waals surface area contributed by atoms with Crippen molar-refractivity contribution in [2.45, 2.75) is 26.3 Å². The molecule has 0 unspecified atom stereocenters. The first-order valence-electron chi connectivity index (χ1n) is 10.1. The summed E-state index contributed by atoms with van der Waals surface area (Å²) < 4.78 is 0. The molecule has 2 amide bonds. The quantitative estimate of drug-likeness (QED) is 0.822. The van der Waals surface area contributed by atoms with Crippen LogP contribution in [0.3, 0.4) is 0 Å². The maximum absolute atomic E-state index is 13.2. The highest BCUT2D eigenvalue weighted by molar-refractivity contribution is 6.05. The summed E-state index contributed by atoms with van der Waals surface area (Å²) in [5.41, 5.74) is 4.00. The first-order chi connectivity index (χ1) is 13.6. The van der Waals surface area contributed by atoms with Gasteiger partial charge >= 0.3 is 0 Å². The van der Waals surface area contributed by atoms with E-state index < -0.39 is 0 Å². The fourth-order valence-electron chi connectivity index (χ4n) is 4.14. The number of hydrogen-bond donors (Lipinski definition) is 0. The van der Waals surface area contributed by atoms with E-state index in [0.29, 0.717) is 31.6 Å². The molecule has 146 valence electrons. The van der Waals surface area contributed by atoms with Gasteiger partial charge in [0.05, 0.1) is 11.3 Å². The number of carbonyl (C=O) groups excluding carboxylic acids is 2. The fraction of sp³-hybridized carbons (Fsp3) is 0.391. The average molecular weight is 377 g/mol. The highest BCUT2D eigenvalue weighted by atomic mass is 16.2. The van der Waals surface area contributed by atoms with Crippen LogP contribution in [0.15, 0.2) is 48.5 Å². The molecule has 0 atom stereocenters. The molecule has 5 heteroatoms. The summed E-state index contributed by atoms with van der Waals surface area (Å²) in [7, 11) is 0. The second-order valence-electron chi connectivity index (χ2n) is 7.72. The van der Waals surface area contributed by atoms with Crippen molar-refractivity contribution in [3.8, 4) is 0 Å². The Bertz CT molecular complexity index is 872. The molecule has 2 aliphatic rings. The molecule has 0 saturated carbocycles. The number of nitrogens with zero attached hydrogens (tertiary/aromatic N) is 3. The normalized spacial score (nSPS) is 18.0. The molecule has 0 aromatic heterocycles. The molecular formula is C23H27N3O2. The van der Waals surface area contributed by atoms with Gasteiger partial charge in [0, 0.05) is 45.7 Å². The molecule has 0 radical (unpaired) electrons. The van der Waals surface area contributed by atoms with Crippen molar-refractivity contribution in [2.24, 2.45) is 0 Å². The molecule has 4 rings (SSSR count). The molecule has 0 N–H and O–H groups in total. The molecule has 2 aliphatic heterocycles. The third kappa shape index (κ3) is 3.94. The molecule has 2 saturated heterocycles. The Morgan fingerprint density at radius 3 is 2.46 bits per heavy atom. The predicted octanol–water partition coefficient (Wildman–Crippen LogP) is 3.08. The summed E-state index contributed by atoms with van der Waals surface area (Å²) in [5, 5.41) is 0. The van der Waals surface area contributed by atoms with Crippen LogP contribution in [0.1, 0.15) is 34.3 Å². The van der Waals surface area contributed by atoms with Gasteiger partial charge in [-0.15, -0.1) is 0 Å². The zero-order valence-corrected chi connectivity index (χ0v) is 16.4. The minimum Gasteiger partial charge on any atom is -0.336 e. The summed E-state index contributed by atoms with van der Waals surface area (Å²) in [6.45, 7) is 6.90. The standard InChI is InChI=1S/C23H27N3O2/c1-18-6-4-7-19(16-18)17-24-12-14-25(15-13-24)23(28)20-8-2-3-9-21(20)26-11-5-10-22(26)27/h2-4,6-9,16H,5,10-15,17H2,1H3. The van der Waals surface area contributed by atoms with Crippen molar-refractivity contribution >= 4 is 17.5 Å². The number of hydrogen-bond acceptors (Lipinski definition) is 3. The Kier molecular flexibility index (Phi) is 5.44. The summed E-state index contributed by atoms with van der Waals surface area (Å²) in [6.07, 6.45) is 1.43. The molecule has 0 spiro atoms. The van der Waals surface area contributed by atoms with Crippen LogP contribution in [0.4, 0.5) is 5.69 Å². The fourth-order valence-corrected chi connectivity index (χ4v) is 4.14. The largest absolute Gasteiger partial charge is 0.336 e. The van der Waals surface area contributed by atoms with Crippen LogP contribution in [-0.4, -0.2) is 54.3 Å². The van der Waals surface area contributed by atoms with Gasteiger partial charge in [0.15, 0.2) is 0 Å². The molecule has 2 aromatic rings. The van der Waals surface area contributed by atoms with E-state index in [1.807, 2.05) is 29.2 Å². The number of aryl methyl sites for hydroxylation is 1. The van der Waals surface area contributed by atoms with E-state index in [4.69, 9.17) is 0 Å². The lowest BCUT2D eigenvalue weighted by Crippen LogP contribution is -2.48. The molecule has 0 aliphatic carbocycles. The van der Waals surface area contributed by atoms with E-state index in [1.165, 1.54) is 11.1 Å². The number of rotatable bonds is 4. The van der Waals surface area contributed by atoms with Crippen LogP contribution < -0.4 is 4.90 Å². The lowest BCUT2D eigenvalue weighted by Gasteiger charge is -2.35. The van der Waals surface area contributed by atoms with Gasteiger partial charge in [-0.25, -0.2) is 0 Å². The summed E-state index contributed by atoms with van der Waals surface area (Å²) in [4.78, 5) is 31.4. The zero-order chi connectivity index (χ0) is 19.5. The van der Waals surface area contributed by atoms with Gasteiger partial charge in [-0.3, -0.25) is 14.5 Å². The van der Waals surface area contributed by atoms with Gasteiger partial charge in [-0.1, -0.05) is 42.0 Å². The van der Waals surface area contributed by atoms with Crippen LogP contribution in [-0.2, 0) is 11.3 Å². The van der Waals surface area contributed by atoms with Crippen LogP contribution in [0, 0.1) is 6.92 Å². The average Bonchev–Trinajstić information content (AvgIpc) is 3.14. The Labute approximate surface area is 166 Å². The molecule has 2 aromatic carbocycles. The minimum absolute atomic E-state index is 0.0329. The zero-order valence-electron chi connectivity index (χ0n) is 16.4. The highest BCUT2D eigenvalue weighted by Gasteiger charge is 2.28. The molecule has 0 bridgehead atoms. The SMILES string of the molecule is Cc1cccc(CN2CCN(C(=O)c3ccccc3N3CCCC3=O)CC2)c1. The first kappa shape index (κ1) is 18.7. The Morgan fingerprint density at radius 2 is 1.75 bits per heavy atom. The molecule has 28 heavy (non-hydrogen) atoms. The van der Waals surface area contributed by atoms with Crippen molar-refractivity contribution < 1.29 is 9.59 Å². The lowest BCUT2D eigenvalue weighted by atomic mass is 10.1. The number of anilines is 1. The number of para-hydroxylation sites is 1. The molecule has 2 heterocycles. The van der Waals surface area contributed by atoms with Gasteiger partial charge in [0.1, 0.15) is 0 Å². The topological polar surface area (TPSA) is 43.9 Å². The Balaban J connectivity index is 1.41. The van der Waals surface area contributed by atoms with E-state index in [9.17, 15) is 9.59 Å². The van der Waals surface area contributed by atoms with Gasteiger partial charge in [0.2, 0.25) is 5.91 Å². The summed E-state index contributed by atoms with van der Waals surface area (Å²) in [6, 6.07) is 16.1. The second-order valence-corrected chi connectivity index (χ2v) is 7.72. The van der Waals surface area contributed by atoms with E-state index in [1.54, 1.807) is 4.90 Å². The van der Waals surface area contributed by atoms with Gasteiger partial charge in [0.25, 0.3) is 5.91 Å². The lowest BCUT2D eigenvalue weighted by molar-refractivity contribution is -0.117. The van der Waals surface area contributed by atoms with Crippen LogP contribution >= 0.6 is 0 Å². The van der Waals surface area contributed by atoms with Gasteiger partial charge < -0.3 is 9.80 Å². The number of carbonyl (C=O) groups is 2. The third-order valence-electron chi connectivity index (χ3n) is 5.65. The molecule has 2 fully saturated rings. The van der Waals surface area contributed by atoms with Crippen LogP contribution in [0.5, 0.6) is 0 Å². The monoisotopic (exact) mass is 377 g/mol. The van der Waals surface area contributed by atoms with Crippen LogP contribution in [0.25, 0.3) is 0 Å². The van der Waals surface area contributed by atoms with E-state index in [-0.39, 0.29) is 11.8 Å². The Hall–Kier alpha value is -2.66. The third-order valence-corrected chi connectivity index (χ3v) is 5.65. The van der Waals surface area contributed by atoms with E-state index in [2.05, 4.69) is 36.1 Å². The van der Waals surface area contributed by atoms with E-state index in [0.717, 1.165) is 31.7 Å². The smallest absolute Gasteiger partial charge is 0.256 e. The van der Waals surface area contributed by atoms with Crippen molar-refractivity contribution in [3.05, 3.63) is 65.2 Å². The van der Waals surface area contributed by atoms with Gasteiger partial charge in [-0.05, 0) is 31.0 Å². The first-order valence-corrected chi connectivity index (χ1v) is 10.1. The minimum atomic E-state index is 0.0329. The Morgan fingerprint density at radius 1 is 0.964 bits per heavy atom. The van der Waals surface area contributed by atoms with Crippen molar-refractivity contribution in [1.82, 2.24) is 9.80 Å². The van der Waals surface area contributed by atoms with Crippen molar-refractivity contribution in [3.63, 3.8) is 0 Å². The number of benzene rings is 2. The van der Waals surface area contributed by atoms with Gasteiger partial charge in [-0.2, -0.15) is 0 Å². The van der Waals surface area contributed by atoms with Crippen molar-refractivity contribution in [2.75, 3.05) is 37.6 Å². The molecular weight excluding hydrogens is 350 g/mol.